The van der Waals surface area contributed by atoms with Gasteiger partial charge in [-0.15, -0.1) is 0 Å². The summed E-state index contributed by atoms with van der Waals surface area (Å²) in [5.74, 6) is 0. The lowest BCUT2D eigenvalue weighted by molar-refractivity contribution is 0.181. The monoisotopic (exact) mass is 398 g/mol. The summed E-state index contributed by atoms with van der Waals surface area (Å²) in [5, 5.41) is 3.96. The maximum Gasteiger partial charge on any atom is 0.0233 e. The zero-order valence-electron chi connectivity index (χ0n) is 14.8. The summed E-state index contributed by atoms with van der Waals surface area (Å²) in [6.45, 7) is 3.52. The standard InChI is InChI=1S/C22H27BrN2/c23-20-8-6-19-15-22(9-7-18(19)14-20)24-21-10-12-25(13-11-21)16-17-4-2-1-3-5-17/h1-6,8,14,21-22,24H,7,9-13,15-16H2. The average molecular weight is 399 g/mol. The van der Waals surface area contributed by atoms with Gasteiger partial charge in [-0.2, -0.15) is 0 Å². The Labute approximate surface area is 159 Å². The van der Waals surface area contributed by atoms with Gasteiger partial charge in [0.1, 0.15) is 0 Å². The Morgan fingerprint density at radius 2 is 1.72 bits per heavy atom. The summed E-state index contributed by atoms with van der Waals surface area (Å²) in [6, 6.07) is 19.0. The molecule has 4 rings (SSSR count). The highest BCUT2D eigenvalue weighted by Gasteiger charge is 2.24. The van der Waals surface area contributed by atoms with Crippen molar-refractivity contribution in [3.05, 3.63) is 69.7 Å². The molecule has 0 aromatic heterocycles. The molecule has 1 atom stereocenters. The average Bonchev–Trinajstić information content (AvgIpc) is 2.64. The molecule has 132 valence electrons. The molecule has 1 fully saturated rings. The quantitative estimate of drug-likeness (QED) is 0.811. The van der Waals surface area contributed by atoms with Crippen LogP contribution in [0, 0.1) is 0 Å². The molecular weight excluding hydrogens is 372 g/mol. The molecule has 2 aliphatic rings. The number of nitrogens with zero attached hydrogens (tertiary/aromatic N) is 1. The van der Waals surface area contributed by atoms with Crippen molar-refractivity contribution < 1.29 is 0 Å². The number of benzene rings is 2. The van der Waals surface area contributed by atoms with Gasteiger partial charge in [-0.25, -0.2) is 0 Å². The van der Waals surface area contributed by atoms with E-state index in [1.807, 2.05) is 0 Å². The van der Waals surface area contributed by atoms with Crippen LogP contribution in [0.4, 0.5) is 0 Å². The first-order valence-electron chi connectivity index (χ1n) is 9.56. The van der Waals surface area contributed by atoms with Gasteiger partial charge in [-0.1, -0.05) is 52.3 Å². The molecule has 2 aromatic rings. The second-order valence-corrected chi connectivity index (χ2v) is 8.47. The molecule has 0 radical (unpaired) electrons. The molecule has 0 bridgehead atoms. The van der Waals surface area contributed by atoms with E-state index in [0.29, 0.717) is 12.1 Å². The van der Waals surface area contributed by atoms with Crippen molar-refractivity contribution in [2.24, 2.45) is 0 Å². The minimum absolute atomic E-state index is 0.652. The van der Waals surface area contributed by atoms with Gasteiger partial charge < -0.3 is 5.32 Å². The molecule has 25 heavy (non-hydrogen) atoms. The van der Waals surface area contributed by atoms with E-state index in [1.54, 1.807) is 0 Å². The van der Waals surface area contributed by atoms with E-state index in [4.69, 9.17) is 0 Å². The van der Waals surface area contributed by atoms with Gasteiger partial charge in [0.05, 0.1) is 0 Å². The van der Waals surface area contributed by atoms with Crippen LogP contribution in [0.15, 0.2) is 53.0 Å². The van der Waals surface area contributed by atoms with Gasteiger partial charge in [0.15, 0.2) is 0 Å². The zero-order valence-corrected chi connectivity index (χ0v) is 16.3. The van der Waals surface area contributed by atoms with Crippen LogP contribution in [0.25, 0.3) is 0 Å². The summed E-state index contributed by atoms with van der Waals surface area (Å²) in [7, 11) is 0. The smallest absolute Gasteiger partial charge is 0.0233 e. The molecule has 2 aromatic carbocycles. The first kappa shape index (κ1) is 17.3. The van der Waals surface area contributed by atoms with E-state index >= 15 is 0 Å². The maximum atomic E-state index is 3.96. The van der Waals surface area contributed by atoms with E-state index in [9.17, 15) is 0 Å². The van der Waals surface area contributed by atoms with E-state index < -0.39 is 0 Å². The van der Waals surface area contributed by atoms with Crippen molar-refractivity contribution in [2.75, 3.05) is 13.1 Å². The van der Waals surface area contributed by atoms with E-state index in [-0.39, 0.29) is 0 Å². The second-order valence-electron chi connectivity index (χ2n) is 7.56. The molecule has 1 heterocycles. The van der Waals surface area contributed by atoms with Crippen molar-refractivity contribution >= 4 is 15.9 Å². The molecular formula is C22H27BrN2. The minimum Gasteiger partial charge on any atom is -0.311 e. The van der Waals surface area contributed by atoms with Crippen LogP contribution in [0.1, 0.15) is 36.0 Å². The summed E-state index contributed by atoms with van der Waals surface area (Å²) < 4.78 is 1.21. The van der Waals surface area contributed by atoms with Crippen LogP contribution < -0.4 is 5.32 Å². The van der Waals surface area contributed by atoms with Crippen LogP contribution in [0.3, 0.4) is 0 Å². The van der Waals surface area contributed by atoms with Gasteiger partial charge in [0.2, 0.25) is 0 Å². The Hall–Kier alpha value is -1.16. The molecule has 2 nitrogen and oxygen atoms in total. The number of nitrogens with one attached hydrogen (secondary N) is 1. The normalized spacial score (nSPS) is 21.9. The fourth-order valence-corrected chi connectivity index (χ4v) is 4.71. The summed E-state index contributed by atoms with van der Waals surface area (Å²) in [4.78, 5) is 2.60. The van der Waals surface area contributed by atoms with Crippen LogP contribution in [0.5, 0.6) is 0 Å². The predicted molar refractivity (Wildman–Crippen MR) is 108 cm³/mol. The Bertz CT molecular complexity index is 692. The topological polar surface area (TPSA) is 15.3 Å². The highest BCUT2D eigenvalue weighted by molar-refractivity contribution is 9.10. The molecule has 3 heteroatoms. The summed E-state index contributed by atoms with van der Waals surface area (Å²) in [5.41, 5.74) is 4.50. The molecule has 1 saturated heterocycles. The van der Waals surface area contributed by atoms with Crippen LogP contribution in [-0.2, 0) is 19.4 Å². The van der Waals surface area contributed by atoms with Gasteiger partial charge in [-0.05, 0) is 74.0 Å². The summed E-state index contributed by atoms with van der Waals surface area (Å²) >= 11 is 3.59. The Morgan fingerprint density at radius 1 is 0.920 bits per heavy atom. The molecule has 0 amide bonds. The lowest BCUT2D eigenvalue weighted by atomic mass is 9.87. The fraction of sp³-hybridized carbons (Fsp3) is 0.455. The van der Waals surface area contributed by atoms with E-state index in [1.165, 1.54) is 66.4 Å². The Balaban J connectivity index is 1.26. The van der Waals surface area contributed by atoms with Crippen molar-refractivity contribution in [3.8, 4) is 0 Å². The first-order chi connectivity index (χ1) is 12.3. The minimum atomic E-state index is 0.652. The molecule has 1 N–H and O–H groups in total. The lowest BCUT2D eigenvalue weighted by Crippen LogP contribution is -2.47. The fourth-order valence-electron chi connectivity index (χ4n) is 4.30. The van der Waals surface area contributed by atoms with Gasteiger partial charge in [-0.3, -0.25) is 4.90 Å². The lowest BCUT2D eigenvalue weighted by Gasteiger charge is -2.36. The number of aryl methyl sites for hydroxylation is 1. The van der Waals surface area contributed by atoms with Crippen molar-refractivity contribution in [1.82, 2.24) is 10.2 Å². The highest BCUT2D eigenvalue weighted by Crippen LogP contribution is 2.26. The van der Waals surface area contributed by atoms with Crippen molar-refractivity contribution in [2.45, 2.75) is 50.7 Å². The number of halogens is 1. The van der Waals surface area contributed by atoms with E-state index in [0.717, 1.165) is 6.54 Å². The van der Waals surface area contributed by atoms with Crippen molar-refractivity contribution in [1.29, 1.82) is 0 Å². The predicted octanol–water partition coefficient (Wildman–Crippen LogP) is 4.56. The van der Waals surface area contributed by atoms with Crippen LogP contribution >= 0.6 is 15.9 Å². The highest BCUT2D eigenvalue weighted by atomic mass is 79.9. The summed E-state index contributed by atoms with van der Waals surface area (Å²) in [6.07, 6.45) is 6.22. The number of likely N-dealkylation sites (tertiary alicyclic amines) is 1. The third-order valence-corrected chi connectivity index (χ3v) is 6.20. The van der Waals surface area contributed by atoms with E-state index in [2.05, 4.69) is 74.7 Å². The third-order valence-electron chi connectivity index (χ3n) is 5.70. The second kappa shape index (κ2) is 8.03. The number of rotatable bonds is 4. The van der Waals surface area contributed by atoms with Gasteiger partial charge in [0.25, 0.3) is 0 Å². The zero-order chi connectivity index (χ0) is 17.1. The Morgan fingerprint density at radius 3 is 2.52 bits per heavy atom. The molecule has 0 saturated carbocycles. The molecule has 1 unspecified atom stereocenters. The van der Waals surface area contributed by atoms with Crippen LogP contribution in [0.2, 0.25) is 0 Å². The van der Waals surface area contributed by atoms with Gasteiger partial charge >= 0.3 is 0 Å². The van der Waals surface area contributed by atoms with Gasteiger partial charge in [0, 0.05) is 23.1 Å². The number of hydrogen-bond acceptors (Lipinski definition) is 2. The molecule has 1 aliphatic carbocycles. The number of piperidine rings is 1. The number of hydrogen-bond donors (Lipinski definition) is 1. The van der Waals surface area contributed by atoms with Crippen LogP contribution in [-0.4, -0.2) is 30.1 Å². The first-order valence-corrected chi connectivity index (χ1v) is 10.4. The largest absolute Gasteiger partial charge is 0.311 e. The maximum absolute atomic E-state index is 3.96. The Kier molecular flexibility index (Phi) is 5.54. The molecule has 1 aliphatic heterocycles. The number of fused-ring (bicyclic) bond motifs is 1. The third kappa shape index (κ3) is 4.52. The SMILES string of the molecule is Brc1ccc2c(c1)CCC(NC1CCN(Cc3ccccc3)CC1)C2. The van der Waals surface area contributed by atoms with Crippen molar-refractivity contribution in [3.63, 3.8) is 0 Å². The molecule has 0 spiro atoms.